The Balaban J connectivity index is 0.000000156. The maximum Gasteiger partial charge on any atom is 0.267 e. The van der Waals surface area contributed by atoms with Crippen LogP contribution >= 0.6 is 0 Å². The highest BCUT2D eigenvalue weighted by Crippen LogP contribution is 2.61. The van der Waals surface area contributed by atoms with Crippen LogP contribution in [0.2, 0.25) is 0 Å². The van der Waals surface area contributed by atoms with Gasteiger partial charge < -0.3 is 20.6 Å². The summed E-state index contributed by atoms with van der Waals surface area (Å²) in [6.45, 7) is 11.3. The lowest BCUT2D eigenvalue weighted by atomic mass is 9.45. The predicted molar refractivity (Wildman–Crippen MR) is 180 cm³/mol. The van der Waals surface area contributed by atoms with E-state index in [1.54, 1.807) is 0 Å². The van der Waals surface area contributed by atoms with Crippen LogP contribution in [0.1, 0.15) is 111 Å². The minimum atomic E-state index is 0.0344. The van der Waals surface area contributed by atoms with E-state index in [0.717, 1.165) is 52.9 Å². The molecule has 2 aromatic carbocycles. The fourth-order valence-corrected chi connectivity index (χ4v) is 8.37. The second-order valence-corrected chi connectivity index (χ2v) is 14.5. The molecule has 0 spiro atoms. The maximum atomic E-state index is 12.6. The SMILES string of the molecule is C[C@@H]1[C@H]2C[C@@H](C[C@H]1NC(=O)c1cc3ccccc3[nH]1)C2(C)C.Cc1cc(C)c2cc(C(=O)NC3CCCCCCC3)[nH]c2c1. The number of aryl methyl sites for hydroxylation is 2. The molecule has 0 aliphatic heterocycles. The largest absolute Gasteiger partial charge is 0.351 e. The van der Waals surface area contributed by atoms with E-state index < -0.39 is 0 Å². The van der Waals surface area contributed by atoms with Crippen LogP contribution in [-0.2, 0) is 0 Å². The number of aromatic amines is 2. The second kappa shape index (κ2) is 12.5. The first-order chi connectivity index (χ1) is 21.1. The lowest BCUT2D eigenvalue weighted by Crippen LogP contribution is -2.60. The van der Waals surface area contributed by atoms with Crippen molar-refractivity contribution in [3.63, 3.8) is 0 Å². The van der Waals surface area contributed by atoms with Crippen molar-refractivity contribution >= 4 is 33.6 Å². The first kappa shape index (κ1) is 30.5. The lowest BCUT2D eigenvalue weighted by Gasteiger charge is -2.62. The smallest absolute Gasteiger partial charge is 0.267 e. The van der Waals surface area contributed by atoms with Crippen LogP contribution < -0.4 is 10.6 Å². The minimum Gasteiger partial charge on any atom is -0.351 e. The van der Waals surface area contributed by atoms with E-state index in [-0.39, 0.29) is 11.8 Å². The van der Waals surface area contributed by atoms with Crippen LogP contribution in [0, 0.1) is 37.0 Å². The molecule has 2 heterocycles. The topological polar surface area (TPSA) is 89.8 Å². The zero-order valence-electron chi connectivity index (χ0n) is 27.2. The molecule has 4 saturated carbocycles. The number of para-hydroxylation sites is 1. The van der Waals surface area contributed by atoms with Crippen LogP contribution in [-0.4, -0.2) is 33.9 Å². The Labute approximate surface area is 262 Å². The monoisotopic (exact) mass is 594 g/mol. The van der Waals surface area contributed by atoms with Gasteiger partial charge >= 0.3 is 0 Å². The molecular weight excluding hydrogens is 544 g/mol. The van der Waals surface area contributed by atoms with Gasteiger partial charge in [0, 0.05) is 33.9 Å². The molecule has 4 aliphatic rings. The number of hydrogen-bond acceptors (Lipinski definition) is 2. The highest BCUT2D eigenvalue weighted by atomic mass is 16.2. The Morgan fingerprint density at radius 2 is 1.45 bits per heavy atom. The number of H-pyrrole nitrogens is 2. The van der Waals surface area contributed by atoms with E-state index in [4.69, 9.17) is 0 Å². The van der Waals surface area contributed by atoms with E-state index in [1.165, 1.54) is 49.7 Å². The number of nitrogens with one attached hydrogen (secondary N) is 4. The molecule has 4 fully saturated rings. The Hall–Kier alpha value is -3.54. The highest BCUT2D eigenvalue weighted by molar-refractivity contribution is 5.99. The molecule has 4 aliphatic carbocycles. The molecule has 44 heavy (non-hydrogen) atoms. The van der Waals surface area contributed by atoms with Gasteiger partial charge in [-0.15, -0.1) is 0 Å². The van der Waals surface area contributed by atoms with Gasteiger partial charge in [-0.05, 0) is 98.1 Å². The van der Waals surface area contributed by atoms with E-state index >= 15 is 0 Å². The number of benzene rings is 2. The number of hydrogen-bond donors (Lipinski definition) is 4. The number of rotatable bonds is 4. The quantitative estimate of drug-likeness (QED) is 0.191. The molecule has 0 saturated heterocycles. The lowest BCUT2D eigenvalue weighted by molar-refractivity contribution is -0.113. The van der Waals surface area contributed by atoms with Crippen molar-refractivity contribution < 1.29 is 9.59 Å². The van der Waals surface area contributed by atoms with Gasteiger partial charge in [-0.25, -0.2) is 0 Å². The Bertz CT molecular complexity index is 1600. The number of fused-ring (bicyclic) bond motifs is 4. The first-order valence-electron chi connectivity index (χ1n) is 16.9. The van der Waals surface area contributed by atoms with Crippen molar-refractivity contribution in [1.29, 1.82) is 0 Å². The van der Waals surface area contributed by atoms with Crippen molar-refractivity contribution in [3.8, 4) is 0 Å². The van der Waals surface area contributed by atoms with Crippen molar-refractivity contribution in [1.82, 2.24) is 20.6 Å². The molecule has 2 bridgehead atoms. The predicted octanol–water partition coefficient (Wildman–Crippen LogP) is 8.60. The Kier molecular flexibility index (Phi) is 8.63. The Morgan fingerprint density at radius 1 is 0.795 bits per heavy atom. The van der Waals surface area contributed by atoms with Gasteiger partial charge in [0.05, 0.1) is 0 Å². The average molecular weight is 595 g/mol. The third-order valence-electron chi connectivity index (χ3n) is 11.2. The van der Waals surface area contributed by atoms with Crippen molar-refractivity contribution in [2.24, 2.45) is 23.2 Å². The summed E-state index contributed by atoms with van der Waals surface area (Å²) < 4.78 is 0. The third kappa shape index (κ3) is 6.18. The van der Waals surface area contributed by atoms with Crippen molar-refractivity contribution in [2.45, 2.75) is 104 Å². The summed E-state index contributed by atoms with van der Waals surface area (Å²) in [5.74, 6) is 2.15. The van der Waals surface area contributed by atoms with Crippen LogP contribution in [0.4, 0.5) is 0 Å². The second-order valence-electron chi connectivity index (χ2n) is 14.5. The molecule has 4 N–H and O–H groups in total. The summed E-state index contributed by atoms with van der Waals surface area (Å²) in [5.41, 5.74) is 6.34. The number of carbonyl (C=O) groups excluding carboxylic acids is 2. The summed E-state index contributed by atoms with van der Waals surface area (Å²) in [5, 5.41) is 8.74. The van der Waals surface area contributed by atoms with Crippen LogP contribution in [0.15, 0.2) is 48.5 Å². The standard InChI is InChI=1S/C19H24N2O.C19H26N2O/c1-11-14-9-13(19(14,2)3)10-16(11)21-18(22)17-8-12-6-4-5-7-15(12)20-17;1-13-10-14(2)16-12-18(21-17(16)11-13)19(22)20-15-8-6-4-3-5-7-9-15/h4-8,11,13-14,16,20H,9-10H2,1-3H3,(H,21,22);10-12,15,21H,3-9H2,1-2H3,(H,20,22)/t11-,13+,14-,16-;/m1./s1. The summed E-state index contributed by atoms with van der Waals surface area (Å²) in [7, 11) is 0. The number of carbonyl (C=O) groups is 2. The molecule has 6 nitrogen and oxygen atoms in total. The van der Waals surface area contributed by atoms with E-state index in [1.807, 2.05) is 36.4 Å². The molecular formula is C38H50N4O2. The Morgan fingerprint density at radius 3 is 2.16 bits per heavy atom. The summed E-state index contributed by atoms with van der Waals surface area (Å²) in [4.78, 5) is 31.6. The fraction of sp³-hybridized carbons (Fsp3) is 0.526. The first-order valence-corrected chi connectivity index (χ1v) is 16.9. The third-order valence-corrected chi connectivity index (χ3v) is 11.2. The molecule has 2 aromatic heterocycles. The molecule has 0 radical (unpaired) electrons. The van der Waals surface area contributed by atoms with Crippen LogP contribution in [0.25, 0.3) is 21.8 Å². The zero-order valence-corrected chi connectivity index (χ0v) is 27.2. The maximum absolute atomic E-state index is 12.6. The van der Waals surface area contributed by atoms with Gasteiger partial charge in [-0.2, -0.15) is 0 Å². The van der Waals surface area contributed by atoms with Crippen molar-refractivity contribution in [3.05, 3.63) is 71.0 Å². The molecule has 4 atom stereocenters. The summed E-state index contributed by atoms with van der Waals surface area (Å²) >= 11 is 0. The number of aromatic nitrogens is 2. The molecule has 0 unspecified atom stereocenters. The molecule has 4 aromatic rings. The molecule has 2 amide bonds. The molecule has 8 rings (SSSR count). The van der Waals surface area contributed by atoms with E-state index in [0.29, 0.717) is 34.8 Å². The number of amides is 2. The molecule has 234 valence electrons. The van der Waals surface area contributed by atoms with E-state index in [9.17, 15) is 9.59 Å². The zero-order chi connectivity index (χ0) is 31.0. The van der Waals surface area contributed by atoms with Gasteiger partial charge in [0.15, 0.2) is 0 Å². The normalized spacial score (nSPS) is 24.8. The van der Waals surface area contributed by atoms with Crippen LogP contribution in [0.5, 0.6) is 0 Å². The van der Waals surface area contributed by atoms with Crippen LogP contribution in [0.3, 0.4) is 0 Å². The minimum absolute atomic E-state index is 0.0344. The van der Waals surface area contributed by atoms with Crippen molar-refractivity contribution in [2.75, 3.05) is 0 Å². The summed E-state index contributed by atoms with van der Waals surface area (Å²) in [6.07, 6.45) is 11.1. The highest BCUT2D eigenvalue weighted by Gasteiger charge is 2.56. The van der Waals surface area contributed by atoms with Gasteiger partial charge in [0.1, 0.15) is 11.4 Å². The van der Waals surface area contributed by atoms with Gasteiger partial charge in [-0.3, -0.25) is 9.59 Å². The van der Waals surface area contributed by atoms with Gasteiger partial charge in [-0.1, -0.05) is 77.1 Å². The van der Waals surface area contributed by atoms with Gasteiger partial charge in [0.2, 0.25) is 0 Å². The summed E-state index contributed by atoms with van der Waals surface area (Å²) in [6, 6.07) is 16.9. The fourth-order valence-electron chi connectivity index (χ4n) is 8.37. The van der Waals surface area contributed by atoms with Gasteiger partial charge in [0.25, 0.3) is 11.8 Å². The molecule has 6 heteroatoms. The average Bonchev–Trinajstić information content (AvgIpc) is 3.60. The van der Waals surface area contributed by atoms with E-state index in [2.05, 4.69) is 67.4 Å².